The highest BCUT2D eigenvalue weighted by Gasteiger charge is 2.18. The standard InChI is InChI=1S/C11H7F3N2O2/c1-4-2-7(11(17)16-18)15-10-5(4)3-6(12)8(13)9(10)14/h2-3,18H,1H3,(H,16,17). The molecular formula is C11H7F3N2O2. The fourth-order valence-corrected chi connectivity index (χ4v) is 1.60. The van der Waals surface area contributed by atoms with Gasteiger partial charge in [0, 0.05) is 5.39 Å². The lowest BCUT2D eigenvalue weighted by Crippen LogP contribution is -2.20. The van der Waals surface area contributed by atoms with Gasteiger partial charge in [-0.05, 0) is 24.6 Å². The van der Waals surface area contributed by atoms with Crippen molar-refractivity contribution in [1.29, 1.82) is 0 Å². The van der Waals surface area contributed by atoms with Crippen LogP contribution in [0.3, 0.4) is 0 Å². The number of carbonyl (C=O) groups excluding carboxylic acids is 1. The van der Waals surface area contributed by atoms with E-state index in [0.29, 0.717) is 5.56 Å². The van der Waals surface area contributed by atoms with Crippen LogP contribution in [0.4, 0.5) is 13.2 Å². The average molecular weight is 256 g/mol. The average Bonchev–Trinajstić information content (AvgIpc) is 2.36. The molecule has 7 heteroatoms. The molecule has 0 fully saturated rings. The summed E-state index contributed by atoms with van der Waals surface area (Å²) < 4.78 is 39.6. The number of hydrogen-bond acceptors (Lipinski definition) is 3. The molecule has 0 aliphatic rings. The normalized spacial score (nSPS) is 10.7. The van der Waals surface area contributed by atoms with E-state index in [-0.39, 0.29) is 11.1 Å². The zero-order chi connectivity index (χ0) is 13.4. The number of nitrogens with one attached hydrogen (secondary N) is 1. The Bertz CT molecular complexity index is 659. The van der Waals surface area contributed by atoms with Crippen molar-refractivity contribution >= 4 is 16.8 Å². The number of aryl methyl sites for hydroxylation is 1. The van der Waals surface area contributed by atoms with E-state index in [2.05, 4.69) is 4.98 Å². The maximum Gasteiger partial charge on any atom is 0.293 e. The van der Waals surface area contributed by atoms with Crippen LogP contribution < -0.4 is 5.48 Å². The van der Waals surface area contributed by atoms with Gasteiger partial charge in [-0.3, -0.25) is 10.0 Å². The number of halogens is 3. The Morgan fingerprint density at radius 2 is 1.94 bits per heavy atom. The number of hydroxylamine groups is 1. The molecule has 1 amide bonds. The van der Waals surface area contributed by atoms with Crippen LogP contribution in [0.5, 0.6) is 0 Å². The molecule has 0 unspecified atom stereocenters. The predicted octanol–water partition coefficient (Wildman–Crippen LogP) is 2.08. The van der Waals surface area contributed by atoms with Crippen LogP contribution in [0.1, 0.15) is 16.1 Å². The summed E-state index contributed by atoms with van der Waals surface area (Å²) in [5.41, 5.74) is 0.893. The van der Waals surface area contributed by atoms with Gasteiger partial charge in [-0.25, -0.2) is 23.6 Å². The van der Waals surface area contributed by atoms with Crippen LogP contribution in [-0.4, -0.2) is 16.1 Å². The van der Waals surface area contributed by atoms with E-state index in [1.54, 1.807) is 0 Å². The first-order valence-corrected chi connectivity index (χ1v) is 4.85. The van der Waals surface area contributed by atoms with Gasteiger partial charge in [0.25, 0.3) is 5.91 Å². The van der Waals surface area contributed by atoms with Gasteiger partial charge in [0.1, 0.15) is 11.2 Å². The van der Waals surface area contributed by atoms with Gasteiger partial charge in [0.15, 0.2) is 17.5 Å². The number of rotatable bonds is 1. The van der Waals surface area contributed by atoms with Crippen molar-refractivity contribution < 1.29 is 23.2 Å². The van der Waals surface area contributed by atoms with Gasteiger partial charge in [0.05, 0.1) is 0 Å². The number of benzene rings is 1. The van der Waals surface area contributed by atoms with Gasteiger partial charge in [0.2, 0.25) is 0 Å². The van der Waals surface area contributed by atoms with Crippen LogP contribution in [-0.2, 0) is 0 Å². The Kier molecular flexibility index (Phi) is 2.92. The smallest absolute Gasteiger partial charge is 0.288 e. The topological polar surface area (TPSA) is 62.2 Å². The lowest BCUT2D eigenvalue weighted by molar-refractivity contribution is 0.0701. The summed E-state index contributed by atoms with van der Waals surface area (Å²) in [6.45, 7) is 1.48. The molecule has 0 saturated heterocycles. The van der Waals surface area contributed by atoms with E-state index >= 15 is 0 Å². The molecule has 1 aromatic carbocycles. The Morgan fingerprint density at radius 1 is 1.28 bits per heavy atom. The molecule has 0 spiro atoms. The first-order valence-electron chi connectivity index (χ1n) is 4.85. The third-order valence-electron chi connectivity index (χ3n) is 2.48. The number of pyridine rings is 1. The number of amides is 1. The molecule has 2 aromatic rings. The molecule has 1 aromatic heterocycles. The molecule has 2 rings (SSSR count). The van der Waals surface area contributed by atoms with Crippen molar-refractivity contribution in [2.24, 2.45) is 0 Å². The second kappa shape index (κ2) is 4.26. The molecule has 0 aliphatic carbocycles. The molecule has 0 saturated carbocycles. The molecule has 4 nitrogen and oxygen atoms in total. The van der Waals surface area contributed by atoms with Gasteiger partial charge >= 0.3 is 0 Å². The van der Waals surface area contributed by atoms with Crippen LogP contribution in [0.15, 0.2) is 12.1 Å². The highest BCUT2D eigenvalue weighted by atomic mass is 19.2. The van der Waals surface area contributed by atoms with Crippen LogP contribution in [0.25, 0.3) is 10.9 Å². The van der Waals surface area contributed by atoms with E-state index in [4.69, 9.17) is 5.21 Å². The molecule has 0 bridgehead atoms. The first kappa shape index (κ1) is 12.3. The molecule has 0 radical (unpaired) electrons. The number of nitrogens with zero attached hydrogens (tertiary/aromatic N) is 1. The zero-order valence-corrected chi connectivity index (χ0v) is 9.09. The van der Waals surface area contributed by atoms with Crippen LogP contribution >= 0.6 is 0 Å². The predicted molar refractivity (Wildman–Crippen MR) is 55.6 cm³/mol. The summed E-state index contributed by atoms with van der Waals surface area (Å²) in [7, 11) is 0. The minimum Gasteiger partial charge on any atom is -0.288 e. The van der Waals surface area contributed by atoms with Crippen molar-refractivity contribution in [2.75, 3.05) is 0 Å². The molecule has 2 N–H and O–H groups in total. The number of fused-ring (bicyclic) bond motifs is 1. The highest BCUT2D eigenvalue weighted by Crippen LogP contribution is 2.24. The maximum atomic E-state index is 13.5. The second-order valence-electron chi connectivity index (χ2n) is 3.65. The molecule has 0 atom stereocenters. The quantitative estimate of drug-likeness (QED) is 0.466. The zero-order valence-electron chi connectivity index (χ0n) is 9.09. The van der Waals surface area contributed by atoms with E-state index < -0.39 is 28.9 Å². The third kappa shape index (κ3) is 1.78. The first-order chi connectivity index (χ1) is 8.45. The van der Waals surface area contributed by atoms with E-state index in [9.17, 15) is 18.0 Å². The fraction of sp³-hybridized carbons (Fsp3) is 0.0909. The van der Waals surface area contributed by atoms with Crippen molar-refractivity contribution in [1.82, 2.24) is 10.5 Å². The Balaban J connectivity index is 2.83. The maximum absolute atomic E-state index is 13.5. The van der Waals surface area contributed by atoms with Crippen molar-refractivity contribution in [3.63, 3.8) is 0 Å². The monoisotopic (exact) mass is 256 g/mol. The molecule has 0 aliphatic heterocycles. The summed E-state index contributed by atoms with van der Waals surface area (Å²) >= 11 is 0. The lowest BCUT2D eigenvalue weighted by Gasteiger charge is -2.07. The number of hydrogen-bond donors (Lipinski definition) is 2. The number of aromatic nitrogens is 1. The van der Waals surface area contributed by atoms with E-state index in [1.165, 1.54) is 18.5 Å². The van der Waals surface area contributed by atoms with Gasteiger partial charge in [-0.2, -0.15) is 0 Å². The van der Waals surface area contributed by atoms with Crippen molar-refractivity contribution in [2.45, 2.75) is 6.92 Å². The summed E-state index contributed by atoms with van der Waals surface area (Å²) in [5, 5.41) is 8.51. The Labute approximate surface area is 99.0 Å². The molecular weight excluding hydrogens is 249 g/mol. The molecule has 94 valence electrons. The largest absolute Gasteiger partial charge is 0.293 e. The summed E-state index contributed by atoms with van der Waals surface area (Å²) in [5.74, 6) is -5.43. The highest BCUT2D eigenvalue weighted by molar-refractivity contribution is 5.95. The van der Waals surface area contributed by atoms with Gasteiger partial charge in [-0.1, -0.05) is 0 Å². The van der Waals surface area contributed by atoms with Crippen LogP contribution in [0.2, 0.25) is 0 Å². The van der Waals surface area contributed by atoms with E-state index in [1.807, 2.05) is 0 Å². The van der Waals surface area contributed by atoms with Crippen LogP contribution in [0, 0.1) is 24.4 Å². The summed E-state index contributed by atoms with van der Waals surface area (Å²) in [4.78, 5) is 14.7. The minimum absolute atomic E-state index is 0.0564. The SMILES string of the molecule is Cc1cc(C(=O)NO)nc2c(F)c(F)c(F)cc12. The third-order valence-corrected chi connectivity index (χ3v) is 2.48. The Morgan fingerprint density at radius 3 is 2.56 bits per heavy atom. The van der Waals surface area contributed by atoms with Crippen molar-refractivity contribution in [3.05, 3.63) is 40.8 Å². The second-order valence-corrected chi connectivity index (χ2v) is 3.65. The summed E-state index contributed by atoms with van der Waals surface area (Å²) in [6.07, 6.45) is 0. The van der Waals surface area contributed by atoms with Gasteiger partial charge in [-0.15, -0.1) is 0 Å². The van der Waals surface area contributed by atoms with E-state index in [0.717, 1.165) is 6.07 Å². The molecule has 1 heterocycles. The Hall–Kier alpha value is -2.15. The molecule has 18 heavy (non-hydrogen) atoms. The lowest BCUT2D eigenvalue weighted by atomic mass is 10.1. The van der Waals surface area contributed by atoms with Crippen molar-refractivity contribution in [3.8, 4) is 0 Å². The minimum atomic E-state index is -1.66. The number of carbonyl (C=O) groups is 1. The van der Waals surface area contributed by atoms with Gasteiger partial charge < -0.3 is 0 Å². The fourth-order valence-electron chi connectivity index (χ4n) is 1.60. The summed E-state index contributed by atoms with van der Waals surface area (Å²) in [6, 6.07) is 2.03.